The molecule has 74 valence electrons. The molecule has 1 aliphatic heterocycles. The van der Waals surface area contributed by atoms with Gasteiger partial charge in [-0.2, -0.15) is 0 Å². The second kappa shape index (κ2) is 2.83. The molecule has 0 aromatic carbocycles. The normalized spacial score (nSPS) is 14.3. The van der Waals surface area contributed by atoms with Crippen molar-refractivity contribution in [3.63, 3.8) is 0 Å². The van der Waals surface area contributed by atoms with Crippen LogP contribution in [0, 0.1) is 0 Å². The van der Waals surface area contributed by atoms with Crippen molar-refractivity contribution >= 4 is 17.7 Å². The molecule has 1 aromatic rings. The first-order chi connectivity index (χ1) is 6.61. The molecule has 6 heteroatoms. The summed E-state index contributed by atoms with van der Waals surface area (Å²) in [5.41, 5.74) is -0.391. The highest BCUT2D eigenvalue weighted by molar-refractivity contribution is 5.78. The lowest BCUT2D eigenvalue weighted by atomic mass is 10.3. The molecule has 0 atom stereocenters. The molecule has 6 nitrogen and oxygen atoms in total. The van der Waals surface area contributed by atoms with E-state index in [1.807, 2.05) is 0 Å². The average molecular weight is 194 g/mol. The molecule has 2 rings (SSSR count). The summed E-state index contributed by atoms with van der Waals surface area (Å²) < 4.78 is 1.32. The number of hydrogen-bond acceptors (Lipinski definition) is 4. The molecule has 0 saturated heterocycles. The summed E-state index contributed by atoms with van der Waals surface area (Å²) in [7, 11) is 3.36. The van der Waals surface area contributed by atoms with E-state index in [0.717, 1.165) is 0 Å². The van der Waals surface area contributed by atoms with E-state index in [1.165, 1.54) is 4.57 Å². The van der Waals surface area contributed by atoms with Gasteiger partial charge >= 0.3 is 5.69 Å². The second-order valence-corrected chi connectivity index (χ2v) is 3.18. The van der Waals surface area contributed by atoms with Gasteiger partial charge in [-0.05, 0) is 0 Å². The number of aromatic nitrogens is 2. The summed E-state index contributed by atoms with van der Waals surface area (Å²) in [6, 6.07) is 0. The van der Waals surface area contributed by atoms with Crippen LogP contribution in [-0.2, 0) is 7.05 Å². The number of anilines is 1. The van der Waals surface area contributed by atoms with Crippen molar-refractivity contribution < 1.29 is 0 Å². The van der Waals surface area contributed by atoms with Crippen LogP contribution in [0.1, 0.15) is 0 Å². The van der Waals surface area contributed by atoms with Crippen LogP contribution in [0.3, 0.4) is 0 Å². The Kier molecular flexibility index (Phi) is 1.77. The number of nitrogens with zero attached hydrogens (tertiary/aromatic N) is 3. The van der Waals surface area contributed by atoms with Crippen molar-refractivity contribution in [1.29, 1.82) is 0 Å². The van der Waals surface area contributed by atoms with Gasteiger partial charge in [0.25, 0.3) is 5.56 Å². The highest BCUT2D eigenvalue weighted by atomic mass is 16.2. The van der Waals surface area contributed by atoms with E-state index in [0.29, 0.717) is 18.1 Å². The Bertz CT molecular complexity index is 511. The zero-order valence-corrected chi connectivity index (χ0v) is 7.94. The SMILES string of the molecule is CN1CC=Nc2c1c(=O)[nH]c(=O)n2C. The summed E-state index contributed by atoms with van der Waals surface area (Å²) >= 11 is 0. The molecule has 0 radical (unpaired) electrons. The fraction of sp³-hybridized carbons (Fsp3) is 0.375. The van der Waals surface area contributed by atoms with Crippen molar-refractivity contribution in [2.24, 2.45) is 12.0 Å². The fourth-order valence-corrected chi connectivity index (χ4v) is 1.43. The van der Waals surface area contributed by atoms with E-state index in [1.54, 1.807) is 25.2 Å². The van der Waals surface area contributed by atoms with Crippen LogP contribution in [0.2, 0.25) is 0 Å². The largest absolute Gasteiger partial charge is 0.362 e. The van der Waals surface area contributed by atoms with E-state index in [2.05, 4.69) is 9.98 Å². The van der Waals surface area contributed by atoms with Crippen molar-refractivity contribution in [3.8, 4) is 0 Å². The Labute approximate surface area is 79.5 Å². The third-order valence-electron chi connectivity index (χ3n) is 2.22. The Hall–Kier alpha value is -1.85. The first kappa shape index (κ1) is 8.74. The standard InChI is InChI=1S/C8H10N4O2/c1-11-4-3-9-6-5(11)7(13)10-8(14)12(6)2/h3H,4H2,1-2H3,(H,10,13,14). The van der Waals surface area contributed by atoms with Crippen molar-refractivity contribution in [1.82, 2.24) is 9.55 Å². The molecule has 1 N–H and O–H groups in total. The second-order valence-electron chi connectivity index (χ2n) is 3.18. The average Bonchev–Trinajstić information content (AvgIpc) is 2.14. The summed E-state index contributed by atoms with van der Waals surface area (Å²) in [5.74, 6) is 0.410. The van der Waals surface area contributed by atoms with Gasteiger partial charge in [0.2, 0.25) is 0 Å². The van der Waals surface area contributed by atoms with Gasteiger partial charge in [-0.15, -0.1) is 0 Å². The Morgan fingerprint density at radius 3 is 2.86 bits per heavy atom. The minimum atomic E-state index is -0.443. The molecule has 1 aliphatic rings. The van der Waals surface area contributed by atoms with Gasteiger partial charge in [0.15, 0.2) is 5.82 Å². The van der Waals surface area contributed by atoms with Crippen LogP contribution in [0.15, 0.2) is 14.6 Å². The van der Waals surface area contributed by atoms with Crippen LogP contribution in [-0.4, -0.2) is 29.4 Å². The third kappa shape index (κ3) is 1.07. The lowest BCUT2D eigenvalue weighted by Crippen LogP contribution is -2.36. The van der Waals surface area contributed by atoms with E-state index < -0.39 is 5.69 Å². The lowest BCUT2D eigenvalue weighted by molar-refractivity contribution is 0.788. The van der Waals surface area contributed by atoms with Crippen molar-refractivity contribution in [3.05, 3.63) is 20.8 Å². The Morgan fingerprint density at radius 1 is 1.43 bits per heavy atom. The molecular formula is C8H10N4O2. The van der Waals surface area contributed by atoms with Gasteiger partial charge < -0.3 is 4.90 Å². The summed E-state index contributed by atoms with van der Waals surface area (Å²) in [5, 5.41) is 0. The van der Waals surface area contributed by atoms with Crippen molar-refractivity contribution in [2.75, 3.05) is 18.5 Å². The monoisotopic (exact) mass is 194 g/mol. The number of fused-ring (bicyclic) bond motifs is 1. The van der Waals surface area contributed by atoms with Crippen LogP contribution >= 0.6 is 0 Å². The smallest absolute Gasteiger partial charge is 0.329 e. The lowest BCUT2D eigenvalue weighted by Gasteiger charge is -2.22. The van der Waals surface area contributed by atoms with Crippen LogP contribution in [0.5, 0.6) is 0 Å². The highest BCUT2D eigenvalue weighted by Crippen LogP contribution is 2.22. The zero-order chi connectivity index (χ0) is 10.3. The first-order valence-electron chi connectivity index (χ1n) is 4.18. The van der Waals surface area contributed by atoms with Gasteiger partial charge in [0.1, 0.15) is 5.69 Å². The molecule has 0 saturated carbocycles. The summed E-state index contributed by atoms with van der Waals surface area (Å²) in [6.07, 6.45) is 1.67. The topological polar surface area (TPSA) is 70.5 Å². The van der Waals surface area contributed by atoms with Gasteiger partial charge in [-0.25, -0.2) is 9.79 Å². The maximum absolute atomic E-state index is 11.5. The minimum absolute atomic E-state index is 0.387. The highest BCUT2D eigenvalue weighted by Gasteiger charge is 2.17. The molecule has 0 spiro atoms. The number of aliphatic imine (C=N–C) groups is 1. The molecule has 2 heterocycles. The maximum Gasteiger partial charge on any atom is 0.329 e. The van der Waals surface area contributed by atoms with E-state index in [4.69, 9.17) is 0 Å². The number of rotatable bonds is 0. The number of aromatic amines is 1. The Morgan fingerprint density at radius 2 is 2.14 bits per heavy atom. The quantitative estimate of drug-likeness (QED) is 0.589. The Balaban J connectivity index is 2.88. The molecule has 1 aromatic heterocycles. The minimum Gasteiger partial charge on any atom is -0.362 e. The summed E-state index contributed by atoms with van der Waals surface area (Å²) in [6.45, 7) is 0.578. The molecule has 0 amide bonds. The predicted molar refractivity (Wildman–Crippen MR) is 53.7 cm³/mol. The van der Waals surface area contributed by atoms with Crippen LogP contribution in [0.4, 0.5) is 11.5 Å². The fourth-order valence-electron chi connectivity index (χ4n) is 1.43. The van der Waals surface area contributed by atoms with Gasteiger partial charge in [0, 0.05) is 20.3 Å². The van der Waals surface area contributed by atoms with Crippen LogP contribution < -0.4 is 16.1 Å². The van der Waals surface area contributed by atoms with E-state index in [-0.39, 0.29) is 5.56 Å². The molecule has 0 bridgehead atoms. The molecular weight excluding hydrogens is 184 g/mol. The molecule has 0 aliphatic carbocycles. The molecule has 0 unspecified atom stereocenters. The number of nitrogens with one attached hydrogen (secondary N) is 1. The van der Waals surface area contributed by atoms with E-state index >= 15 is 0 Å². The zero-order valence-electron chi connectivity index (χ0n) is 7.94. The maximum atomic E-state index is 11.5. The number of hydrogen-bond donors (Lipinski definition) is 1. The van der Waals surface area contributed by atoms with Crippen molar-refractivity contribution in [2.45, 2.75) is 0 Å². The summed E-state index contributed by atoms with van der Waals surface area (Å²) in [4.78, 5) is 30.7. The number of H-pyrrole nitrogens is 1. The van der Waals surface area contributed by atoms with Gasteiger partial charge in [-0.1, -0.05) is 0 Å². The van der Waals surface area contributed by atoms with Gasteiger partial charge in [0.05, 0.1) is 6.54 Å². The van der Waals surface area contributed by atoms with Crippen LogP contribution in [0.25, 0.3) is 0 Å². The predicted octanol–water partition coefficient (Wildman–Crippen LogP) is -0.774. The molecule has 0 fully saturated rings. The van der Waals surface area contributed by atoms with E-state index in [9.17, 15) is 9.59 Å². The van der Waals surface area contributed by atoms with Gasteiger partial charge in [-0.3, -0.25) is 14.3 Å². The third-order valence-corrected chi connectivity index (χ3v) is 2.22. The first-order valence-corrected chi connectivity index (χ1v) is 4.18. The molecule has 14 heavy (non-hydrogen) atoms.